The molecule has 3 N–H and O–H groups in total. The molecule has 0 aromatic carbocycles. The molecule has 6 nitrogen and oxygen atoms in total. The Balaban J connectivity index is 2.32. The van der Waals surface area contributed by atoms with E-state index in [1.54, 1.807) is 0 Å². The molecule has 0 saturated carbocycles. The molecule has 1 saturated heterocycles. The lowest BCUT2D eigenvalue weighted by Crippen LogP contribution is -2.49. The van der Waals surface area contributed by atoms with Crippen molar-refractivity contribution in [1.29, 1.82) is 0 Å². The van der Waals surface area contributed by atoms with Gasteiger partial charge in [-0.3, -0.25) is 4.79 Å². The standard InChI is InChI=1S/C10H19N3O3/c1-7(14)12-9(10(15)16)5-11-8-3-4-13(2)6-8/h8-9,11H,3-6H2,1-2H3,(H,12,14)(H,15,16). The zero-order chi connectivity index (χ0) is 12.1. The number of aliphatic carboxylic acids is 1. The van der Waals surface area contributed by atoms with E-state index in [2.05, 4.69) is 15.5 Å². The predicted octanol–water partition coefficient (Wildman–Crippen LogP) is -1.13. The van der Waals surface area contributed by atoms with Gasteiger partial charge in [-0.1, -0.05) is 0 Å². The van der Waals surface area contributed by atoms with Crippen LogP contribution in [0.4, 0.5) is 0 Å². The van der Waals surface area contributed by atoms with E-state index in [1.807, 2.05) is 7.05 Å². The molecule has 0 bridgehead atoms. The van der Waals surface area contributed by atoms with E-state index in [0.29, 0.717) is 6.04 Å². The molecular formula is C10H19N3O3. The molecule has 1 fully saturated rings. The molecule has 2 unspecified atom stereocenters. The summed E-state index contributed by atoms with van der Waals surface area (Å²) < 4.78 is 0. The maximum atomic E-state index is 10.8. The van der Waals surface area contributed by atoms with Gasteiger partial charge >= 0.3 is 5.97 Å². The van der Waals surface area contributed by atoms with Gasteiger partial charge in [0, 0.05) is 26.1 Å². The second-order valence-electron chi connectivity index (χ2n) is 4.25. The van der Waals surface area contributed by atoms with Crippen LogP contribution in [0.15, 0.2) is 0 Å². The number of hydrogen-bond donors (Lipinski definition) is 3. The van der Waals surface area contributed by atoms with Crippen LogP contribution in [0, 0.1) is 0 Å². The van der Waals surface area contributed by atoms with Gasteiger partial charge in [0.1, 0.15) is 6.04 Å². The van der Waals surface area contributed by atoms with Crippen molar-refractivity contribution >= 4 is 11.9 Å². The van der Waals surface area contributed by atoms with Crippen molar-refractivity contribution in [2.45, 2.75) is 25.4 Å². The number of nitrogens with one attached hydrogen (secondary N) is 2. The van der Waals surface area contributed by atoms with Gasteiger partial charge in [-0.2, -0.15) is 0 Å². The number of carbonyl (C=O) groups excluding carboxylic acids is 1. The maximum absolute atomic E-state index is 10.8. The smallest absolute Gasteiger partial charge is 0.327 e. The van der Waals surface area contributed by atoms with Gasteiger partial charge in [0.25, 0.3) is 0 Å². The molecule has 1 heterocycles. The predicted molar refractivity (Wildman–Crippen MR) is 59.1 cm³/mol. The van der Waals surface area contributed by atoms with E-state index in [-0.39, 0.29) is 12.5 Å². The number of likely N-dealkylation sites (N-methyl/N-ethyl adjacent to an activating group) is 1. The zero-order valence-corrected chi connectivity index (χ0v) is 9.69. The highest BCUT2D eigenvalue weighted by atomic mass is 16.4. The number of carboxylic acids is 1. The van der Waals surface area contributed by atoms with E-state index in [1.165, 1.54) is 6.92 Å². The van der Waals surface area contributed by atoms with Crippen LogP contribution in [0.2, 0.25) is 0 Å². The summed E-state index contributed by atoms with van der Waals surface area (Å²) in [7, 11) is 2.03. The number of carbonyl (C=O) groups is 2. The van der Waals surface area contributed by atoms with Crippen LogP contribution in [0.25, 0.3) is 0 Å². The molecule has 1 aliphatic rings. The summed E-state index contributed by atoms with van der Waals surface area (Å²) in [5.74, 6) is -1.33. The van der Waals surface area contributed by atoms with Gasteiger partial charge < -0.3 is 20.6 Å². The summed E-state index contributed by atoms with van der Waals surface area (Å²) in [6.07, 6.45) is 1.02. The number of carboxylic acid groups (broad SMARTS) is 1. The van der Waals surface area contributed by atoms with E-state index < -0.39 is 12.0 Å². The Morgan fingerprint density at radius 3 is 2.69 bits per heavy atom. The van der Waals surface area contributed by atoms with Crippen molar-refractivity contribution in [3.05, 3.63) is 0 Å². The molecule has 0 aliphatic carbocycles. The van der Waals surface area contributed by atoms with Gasteiger partial charge in [0.2, 0.25) is 5.91 Å². The van der Waals surface area contributed by atoms with E-state index in [0.717, 1.165) is 19.5 Å². The summed E-state index contributed by atoms with van der Waals surface area (Å²) in [5, 5.41) is 14.4. The molecule has 0 spiro atoms. The lowest BCUT2D eigenvalue weighted by molar-refractivity contribution is -0.141. The fourth-order valence-electron chi connectivity index (χ4n) is 1.83. The Bertz CT molecular complexity index is 270. The highest BCUT2D eigenvalue weighted by molar-refractivity contribution is 5.82. The van der Waals surface area contributed by atoms with Crippen molar-refractivity contribution in [3.8, 4) is 0 Å². The van der Waals surface area contributed by atoms with Crippen LogP contribution in [-0.4, -0.2) is 60.6 Å². The average molecular weight is 229 g/mol. The van der Waals surface area contributed by atoms with Gasteiger partial charge in [0.15, 0.2) is 0 Å². The Kier molecular flexibility index (Phi) is 4.70. The number of hydrogen-bond acceptors (Lipinski definition) is 4. The highest BCUT2D eigenvalue weighted by Crippen LogP contribution is 2.05. The normalized spacial score (nSPS) is 23.0. The second kappa shape index (κ2) is 5.81. The molecule has 0 aromatic rings. The first kappa shape index (κ1) is 12.9. The molecule has 6 heteroatoms. The number of likely N-dealkylation sites (tertiary alicyclic amines) is 1. The van der Waals surface area contributed by atoms with Crippen LogP contribution in [0.1, 0.15) is 13.3 Å². The van der Waals surface area contributed by atoms with Crippen LogP contribution < -0.4 is 10.6 Å². The molecule has 1 amide bonds. The van der Waals surface area contributed by atoms with Crippen LogP contribution >= 0.6 is 0 Å². The lowest BCUT2D eigenvalue weighted by atomic mass is 10.2. The van der Waals surface area contributed by atoms with Crippen molar-refractivity contribution in [2.75, 3.05) is 26.7 Å². The van der Waals surface area contributed by atoms with Crippen LogP contribution in [0.5, 0.6) is 0 Å². The molecule has 0 radical (unpaired) electrons. The van der Waals surface area contributed by atoms with Gasteiger partial charge in [0.05, 0.1) is 0 Å². The van der Waals surface area contributed by atoms with Crippen molar-refractivity contribution < 1.29 is 14.7 Å². The largest absolute Gasteiger partial charge is 0.480 e. The van der Waals surface area contributed by atoms with E-state index in [4.69, 9.17) is 5.11 Å². The minimum atomic E-state index is -1.01. The Labute approximate surface area is 95.0 Å². The monoisotopic (exact) mass is 229 g/mol. The Morgan fingerprint density at radius 2 is 2.25 bits per heavy atom. The third-order valence-electron chi connectivity index (χ3n) is 2.68. The molecule has 1 rings (SSSR count). The maximum Gasteiger partial charge on any atom is 0.327 e. The summed E-state index contributed by atoms with van der Waals surface area (Å²) in [5.41, 5.74) is 0. The molecule has 1 aliphatic heterocycles. The van der Waals surface area contributed by atoms with Crippen LogP contribution in [0.3, 0.4) is 0 Å². The number of nitrogens with zero attached hydrogens (tertiary/aromatic N) is 1. The van der Waals surface area contributed by atoms with Gasteiger partial charge in [-0.05, 0) is 20.0 Å². The topological polar surface area (TPSA) is 81.7 Å². The summed E-state index contributed by atoms with van der Waals surface area (Å²) in [6.45, 7) is 3.54. The molecule has 2 atom stereocenters. The fraction of sp³-hybridized carbons (Fsp3) is 0.800. The minimum Gasteiger partial charge on any atom is -0.480 e. The Hall–Kier alpha value is -1.14. The molecule has 92 valence electrons. The van der Waals surface area contributed by atoms with Crippen molar-refractivity contribution in [1.82, 2.24) is 15.5 Å². The number of rotatable bonds is 5. The van der Waals surface area contributed by atoms with E-state index >= 15 is 0 Å². The van der Waals surface area contributed by atoms with E-state index in [9.17, 15) is 9.59 Å². The fourth-order valence-corrected chi connectivity index (χ4v) is 1.83. The summed E-state index contributed by atoms with van der Waals surface area (Å²) >= 11 is 0. The SMILES string of the molecule is CC(=O)NC(CNC1CCN(C)C1)C(=O)O. The average Bonchev–Trinajstić information content (AvgIpc) is 2.58. The quantitative estimate of drug-likeness (QED) is 0.556. The molecule has 16 heavy (non-hydrogen) atoms. The molecular weight excluding hydrogens is 210 g/mol. The van der Waals surface area contributed by atoms with Crippen molar-refractivity contribution in [3.63, 3.8) is 0 Å². The Morgan fingerprint density at radius 1 is 1.56 bits per heavy atom. The first-order chi connectivity index (χ1) is 7.49. The third kappa shape index (κ3) is 4.16. The molecule has 0 aromatic heterocycles. The van der Waals surface area contributed by atoms with Crippen LogP contribution in [-0.2, 0) is 9.59 Å². The second-order valence-corrected chi connectivity index (χ2v) is 4.25. The first-order valence-electron chi connectivity index (χ1n) is 5.41. The van der Waals surface area contributed by atoms with Gasteiger partial charge in [-0.25, -0.2) is 4.79 Å². The minimum absolute atomic E-state index is 0.271. The summed E-state index contributed by atoms with van der Waals surface area (Å²) in [6, 6.07) is -0.524. The van der Waals surface area contributed by atoms with Crippen molar-refractivity contribution in [2.24, 2.45) is 0 Å². The summed E-state index contributed by atoms with van der Waals surface area (Å²) in [4.78, 5) is 23.8. The highest BCUT2D eigenvalue weighted by Gasteiger charge is 2.23. The van der Waals surface area contributed by atoms with Gasteiger partial charge in [-0.15, -0.1) is 0 Å². The zero-order valence-electron chi connectivity index (χ0n) is 9.69. The first-order valence-corrected chi connectivity index (χ1v) is 5.41. The number of amides is 1. The third-order valence-corrected chi connectivity index (χ3v) is 2.68. The lowest BCUT2D eigenvalue weighted by Gasteiger charge is -2.17.